The molecule has 286 valence electrons. The van der Waals surface area contributed by atoms with E-state index >= 15 is 0 Å². The first-order valence-electron chi connectivity index (χ1n) is 20.5. The van der Waals surface area contributed by atoms with Gasteiger partial charge in [0.2, 0.25) is 0 Å². The topological polar surface area (TPSA) is 55.3 Å². The number of nitrogens with zero attached hydrogens (tertiary/aromatic N) is 3. The number of para-hydroxylation sites is 4. The van der Waals surface area contributed by atoms with Crippen LogP contribution in [0.4, 0.5) is 17.1 Å². The maximum absolute atomic E-state index is 6.79. The van der Waals surface area contributed by atoms with Crippen LogP contribution in [0.2, 0.25) is 0 Å². The highest BCUT2D eigenvalue weighted by Crippen LogP contribution is 2.46. The Morgan fingerprint density at radius 2 is 0.852 bits per heavy atom. The lowest BCUT2D eigenvalue weighted by Crippen LogP contribution is -2.10. The van der Waals surface area contributed by atoms with E-state index in [2.05, 4.69) is 157 Å². The Morgan fingerprint density at radius 1 is 0.311 bits per heavy atom. The lowest BCUT2D eigenvalue weighted by molar-refractivity contribution is 0.668. The van der Waals surface area contributed by atoms with Crippen LogP contribution in [0.5, 0.6) is 0 Å². The van der Waals surface area contributed by atoms with E-state index in [1.165, 1.54) is 0 Å². The molecule has 0 N–H and O–H groups in total. The van der Waals surface area contributed by atoms with Gasteiger partial charge >= 0.3 is 0 Å². The largest absolute Gasteiger partial charge is 0.456 e. The van der Waals surface area contributed by atoms with E-state index in [1.54, 1.807) is 0 Å². The van der Waals surface area contributed by atoms with Crippen LogP contribution in [-0.4, -0.2) is 9.97 Å². The normalized spacial score (nSPS) is 11.6. The van der Waals surface area contributed by atoms with E-state index in [-0.39, 0.29) is 0 Å². The summed E-state index contributed by atoms with van der Waals surface area (Å²) in [6, 6.07) is 73.8. The van der Waals surface area contributed by atoms with Gasteiger partial charge in [0, 0.05) is 50.1 Å². The molecule has 0 spiro atoms. The summed E-state index contributed by atoms with van der Waals surface area (Å²) in [4.78, 5) is 13.2. The molecule has 0 radical (unpaired) electrons. The van der Waals surface area contributed by atoms with Crippen LogP contribution in [-0.2, 0) is 0 Å². The number of rotatable bonds is 7. The Labute approximate surface area is 351 Å². The van der Waals surface area contributed by atoms with Crippen molar-refractivity contribution < 1.29 is 8.83 Å². The second kappa shape index (κ2) is 14.2. The fourth-order valence-electron chi connectivity index (χ4n) is 8.76. The molecule has 5 nitrogen and oxygen atoms in total. The minimum absolute atomic E-state index is 0.758. The highest BCUT2D eigenvalue weighted by Gasteiger charge is 2.24. The molecule has 0 fully saturated rings. The molecule has 61 heavy (non-hydrogen) atoms. The predicted molar refractivity (Wildman–Crippen MR) is 251 cm³/mol. The standard InChI is InChI=1S/C56H35N3O2/c1-3-14-36(15-4-1)38-26-28-41(29-27-38)59(42-30-31-52-46(33-42)44-20-7-11-24-50(44)60-52)43-34-47(54-45-21-8-12-25-51(45)61-53(54)35-43)56-55(57-48-22-9-10-23-49(48)58-56)40-19-13-18-39(32-40)37-16-5-2-6-17-37/h1-35H. The molecule has 0 aliphatic carbocycles. The maximum Gasteiger partial charge on any atom is 0.138 e. The molecule has 3 heterocycles. The summed E-state index contributed by atoms with van der Waals surface area (Å²) in [5.41, 5.74) is 15.8. The Morgan fingerprint density at radius 3 is 1.61 bits per heavy atom. The van der Waals surface area contributed by atoms with Crippen LogP contribution in [0, 0.1) is 0 Å². The van der Waals surface area contributed by atoms with E-state index in [1.807, 2.05) is 60.7 Å². The predicted octanol–water partition coefficient (Wildman–Crippen LogP) is 15.6. The molecule has 0 aliphatic heterocycles. The van der Waals surface area contributed by atoms with E-state index in [0.29, 0.717) is 0 Å². The Kier molecular flexibility index (Phi) is 8.10. The zero-order chi connectivity index (χ0) is 40.3. The molecule has 0 unspecified atom stereocenters. The summed E-state index contributed by atoms with van der Waals surface area (Å²) in [6.45, 7) is 0. The highest BCUT2D eigenvalue weighted by atomic mass is 16.3. The van der Waals surface area contributed by atoms with Crippen molar-refractivity contribution in [1.29, 1.82) is 0 Å². The monoisotopic (exact) mass is 781 g/mol. The Hall–Kier alpha value is -8.28. The van der Waals surface area contributed by atoms with Gasteiger partial charge in [-0.1, -0.05) is 140 Å². The van der Waals surface area contributed by atoms with Crippen LogP contribution < -0.4 is 4.90 Å². The quantitative estimate of drug-likeness (QED) is 0.161. The first-order valence-corrected chi connectivity index (χ1v) is 20.5. The Bertz CT molecular complexity index is 3590. The van der Waals surface area contributed by atoms with Crippen molar-refractivity contribution in [1.82, 2.24) is 9.97 Å². The highest BCUT2D eigenvalue weighted by molar-refractivity contribution is 6.15. The summed E-state index contributed by atoms with van der Waals surface area (Å²) in [7, 11) is 0. The lowest BCUT2D eigenvalue weighted by Gasteiger charge is -2.26. The molecule has 12 aromatic rings. The molecule has 5 heteroatoms. The van der Waals surface area contributed by atoms with Gasteiger partial charge in [0.25, 0.3) is 0 Å². The molecule has 0 saturated carbocycles. The zero-order valence-corrected chi connectivity index (χ0v) is 32.9. The number of hydrogen-bond acceptors (Lipinski definition) is 5. The van der Waals surface area contributed by atoms with Gasteiger partial charge < -0.3 is 13.7 Å². The van der Waals surface area contributed by atoms with Crippen LogP contribution in [0.25, 0.3) is 99.7 Å². The number of benzene rings is 9. The number of anilines is 3. The molecule has 9 aromatic carbocycles. The van der Waals surface area contributed by atoms with E-state index in [4.69, 9.17) is 18.8 Å². The fourth-order valence-corrected chi connectivity index (χ4v) is 8.76. The second-order valence-corrected chi connectivity index (χ2v) is 15.3. The third-order valence-electron chi connectivity index (χ3n) is 11.6. The van der Waals surface area contributed by atoms with Crippen molar-refractivity contribution in [3.8, 4) is 44.8 Å². The number of aromatic nitrogens is 2. The molecule has 0 saturated heterocycles. The first-order chi connectivity index (χ1) is 30.2. The third kappa shape index (κ3) is 6.02. The van der Waals surface area contributed by atoms with Gasteiger partial charge in [-0.15, -0.1) is 0 Å². The van der Waals surface area contributed by atoms with Crippen LogP contribution in [0.3, 0.4) is 0 Å². The number of furan rings is 2. The number of hydrogen-bond donors (Lipinski definition) is 0. The minimum Gasteiger partial charge on any atom is -0.456 e. The summed E-state index contributed by atoms with van der Waals surface area (Å²) < 4.78 is 13.1. The van der Waals surface area contributed by atoms with Gasteiger partial charge in [0.05, 0.1) is 28.1 Å². The second-order valence-electron chi connectivity index (χ2n) is 15.3. The molecule has 0 amide bonds. The van der Waals surface area contributed by atoms with E-state index < -0.39 is 0 Å². The smallest absolute Gasteiger partial charge is 0.138 e. The Balaban J connectivity index is 1.13. The van der Waals surface area contributed by atoms with Gasteiger partial charge in [-0.25, -0.2) is 9.97 Å². The summed E-state index contributed by atoms with van der Waals surface area (Å²) in [6.07, 6.45) is 0. The SMILES string of the molecule is c1ccc(-c2ccc(N(c3cc(-c4nc5ccccc5nc4-c4cccc(-c5ccccc5)c4)c4c(c3)oc3ccccc34)c3ccc4oc5ccccc5c4c3)cc2)cc1. The van der Waals surface area contributed by atoms with Gasteiger partial charge in [0.1, 0.15) is 22.3 Å². The molecule has 3 aromatic heterocycles. The lowest BCUT2D eigenvalue weighted by atomic mass is 9.96. The fraction of sp³-hybridized carbons (Fsp3) is 0. The molecule has 0 bridgehead atoms. The summed E-state index contributed by atoms with van der Waals surface area (Å²) in [5, 5.41) is 4.12. The van der Waals surface area contributed by atoms with E-state index in [0.717, 1.165) is 117 Å². The first kappa shape index (κ1) is 34.7. The van der Waals surface area contributed by atoms with Crippen molar-refractivity contribution in [3.05, 3.63) is 212 Å². The van der Waals surface area contributed by atoms with Crippen molar-refractivity contribution in [3.63, 3.8) is 0 Å². The van der Waals surface area contributed by atoms with Gasteiger partial charge in [0.15, 0.2) is 0 Å². The average Bonchev–Trinajstić information content (AvgIpc) is 3.90. The van der Waals surface area contributed by atoms with Crippen LogP contribution >= 0.6 is 0 Å². The van der Waals surface area contributed by atoms with Crippen LogP contribution in [0.1, 0.15) is 0 Å². The molecule has 0 atom stereocenters. The van der Waals surface area contributed by atoms with Crippen molar-refractivity contribution >= 4 is 72.0 Å². The maximum atomic E-state index is 6.79. The molecule has 0 aliphatic rings. The van der Waals surface area contributed by atoms with Crippen molar-refractivity contribution in [2.45, 2.75) is 0 Å². The van der Waals surface area contributed by atoms with Crippen LogP contribution in [0.15, 0.2) is 221 Å². The van der Waals surface area contributed by atoms with Crippen molar-refractivity contribution in [2.75, 3.05) is 4.90 Å². The summed E-state index contributed by atoms with van der Waals surface area (Å²) >= 11 is 0. The number of fused-ring (bicyclic) bond motifs is 7. The average molecular weight is 782 g/mol. The van der Waals surface area contributed by atoms with Gasteiger partial charge in [-0.05, 0) is 89.0 Å². The minimum atomic E-state index is 0.758. The van der Waals surface area contributed by atoms with Gasteiger partial charge in [-0.2, -0.15) is 0 Å². The molecular formula is C56H35N3O2. The van der Waals surface area contributed by atoms with Crippen molar-refractivity contribution in [2.24, 2.45) is 0 Å². The third-order valence-corrected chi connectivity index (χ3v) is 11.6. The zero-order valence-electron chi connectivity index (χ0n) is 32.9. The van der Waals surface area contributed by atoms with E-state index in [9.17, 15) is 0 Å². The van der Waals surface area contributed by atoms with Gasteiger partial charge in [-0.3, -0.25) is 0 Å². The summed E-state index contributed by atoms with van der Waals surface area (Å²) in [5.74, 6) is 0. The molecular weight excluding hydrogens is 747 g/mol. The molecule has 12 rings (SSSR count).